The van der Waals surface area contributed by atoms with Crippen molar-refractivity contribution < 1.29 is 4.39 Å². The van der Waals surface area contributed by atoms with Crippen molar-refractivity contribution in [3.63, 3.8) is 0 Å². The van der Waals surface area contributed by atoms with Gasteiger partial charge in [-0.2, -0.15) is 0 Å². The van der Waals surface area contributed by atoms with E-state index in [1.807, 2.05) is 12.1 Å². The molecular formula is C16H14BrFN2S. The quantitative estimate of drug-likeness (QED) is 0.526. The molecule has 1 aromatic heterocycles. The van der Waals surface area contributed by atoms with Crippen molar-refractivity contribution in [2.24, 2.45) is 5.84 Å². The van der Waals surface area contributed by atoms with Crippen molar-refractivity contribution in [1.82, 2.24) is 5.43 Å². The molecule has 3 aromatic rings. The molecule has 3 rings (SSSR count). The highest BCUT2D eigenvalue weighted by molar-refractivity contribution is 9.10. The normalized spacial score (nSPS) is 12.7. The fourth-order valence-electron chi connectivity index (χ4n) is 2.34. The fraction of sp³-hybridized carbons (Fsp3) is 0.125. The predicted octanol–water partition coefficient (Wildman–Crippen LogP) is 4.55. The molecule has 2 nitrogen and oxygen atoms in total. The van der Waals surface area contributed by atoms with Gasteiger partial charge in [0.1, 0.15) is 5.82 Å². The first-order chi connectivity index (χ1) is 10.2. The molecule has 0 amide bonds. The second-order valence-corrected chi connectivity index (χ2v) is 6.92. The SMILES string of the molecule is NNC(Cc1cccc(Br)c1)c1cc2ccc(F)cc2s1. The first-order valence-corrected chi connectivity index (χ1v) is 8.16. The molecule has 0 fully saturated rings. The summed E-state index contributed by atoms with van der Waals surface area (Å²) in [4.78, 5) is 1.11. The molecule has 0 radical (unpaired) electrons. The Bertz CT molecular complexity index is 772. The van der Waals surface area contributed by atoms with Crippen LogP contribution >= 0.6 is 27.3 Å². The van der Waals surface area contributed by atoms with Crippen molar-refractivity contribution in [2.45, 2.75) is 12.5 Å². The fourth-order valence-corrected chi connectivity index (χ4v) is 3.93. The molecule has 2 aromatic carbocycles. The van der Waals surface area contributed by atoms with E-state index in [0.717, 1.165) is 25.9 Å². The molecule has 0 aliphatic rings. The maximum atomic E-state index is 13.3. The lowest BCUT2D eigenvalue weighted by Crippen LogP contribution is -2.28. The van der Waals surface area contributed by atoms with Crippen molar-refractivity contribution in [3.8, 4) is 0 Å². The van der Waals surface area contributed by atoms with Crippen LogP contribution in [0.5, 0.6) is 0 Å². The van der Waals surface area contributed by atoms with Crippen LogP contribution in [0.3, 0.4) is 0 Å². The van der Waals surface area contributed by atoms with Crippen LogP contribution in [-0.2, 0) is 6.42 Å². The molecule has 21 heavy (non-hydrogen) atoms. The van der Waals surface area contributed by atoms with E-state index in [9.17, 15) is 4.39 Å². The smallest absolute Gasteiger partial charge is 0.124 e. The highest BCUT2D eigenvalue weighted by atomic mass is 79.9. The van der Waals surface area contributed by atoms with Crippen LogP contribution in [0.25, 0.3) is 10.1 Å². The molecule has 0 spiro atoms. The first kappa shape index (κ1) is 14.7. The molecule has 0 bridgehead atoms. The molecule has 0 saturated carbocycles. The largest absolute Gasteiger partial charge is 0.271 e. The van der Waals surface area contributed by atoms with Gasteiger partial charge >= 0.3 is 0 Å². The zero-order chi connectivity index (χ0) is 14.8. The van der Waals surface area contributed by atoms with Crippen molar-refractivity contribution in [2.75, 3.05) is 0 Å². The Labute approximate surface area is 134 Å². The van der Waals surface area contributed by atoms with E-state index in [0.29, 0.717) is 0 Å². The summed E-state index contributed by atoms with van der Waals surface area (Å²) >= 11 is 5.05. The molecule has 0 aliphatic heterocycles. The summed E-state index contributed by atoms with van der Waals surface area (Å²) in [7, 11) is 0. The average Bonchev–Trinajstić information content (AvgIpc) is 2.87. The van der Waals surface area contributed by atoms with Crippen LogP contribution in [0.4, 0.5) is 4.39 Å². The first-order valence-electron chi connectivity index (χ1n) is 6.55. The number of hydrogen-bond donors (Lipinski definition) is 2. The van der Waals surface area contributed by atoms with Gasteiger partial charge in [0.15, 0.2) is 0 Å². The number of halogens is 2. The number of hydrogen-bond acceptors (Lipinski definition) is 3. The van der Waals surface area contributed by atoms with Gasteiger partial charge in [-0.15, -0.1) is 11.3 Å². The molecule has 1 atom stereocenters. The molecule has 1 heterocycles. The predicted molar refractivity (Wildman–Crippen MR) is 89.7 cm³/mol. The van der Waals surface area contributed by atoms with Crippen LogP contribution < -0.4 is 11.3 Å². The van der Waals surface area contributed by atoms with Crippen molar-refractivity contribution in [3.05, 3.63) is 69.3 Å². The Hall–Kier alpha value is -1.27. The lowest BCUT2D eigenvalue weighted by molar-refractivity contribution is 0.561. The summed E-state index contributed by atoms with van der Waals surface area (Å²) in [6.45, 7) is 0. The van der Waals surface area contributed by atoms with Gasteiger partial charge < -0.3 is 0 Å². The van der Waals surface area contributed by atoms with Crippen LogP contribution in [-0.4, -0.2) is 0 Å². The number of thiophene rings is 1. The Balaban J connectivity index is 1.90. The summed E-state index contributed by atoms with van der Waals surface area (Å²) in [5, 5.41) is 1.05. The zero-order valence-corrected chi connectivity index (χ0v) is 13.5. The maximum Gasteiger partial charge on any atom is 0.124 e. The number of rotatable bonds is 4. The average molecular weight is 365 g/mol. The Kier molecular flexibility index (Phi) is 4.35. The summed E-state index contributed by atoms with van der Waals surface area (Å²) in [5.74, 6) is 5.51. The van der Waals surface area contributed by atoms with Gasteiger partial charge in [0, 0.05) is 14.0 Å². The van der Waals surface area contributed by atoms with Crippen LogP contribution in [0.2, 0.25) is 0 Å². The Morgan fingerprint density at radius 1 is 1.19 bits per heavy atom. The lowest BCUT2D eigenvalue weighted by atomic mass is 10.0. The van der Waals surface area contributed by atoms with Gasteiger partial charge in [0.05, 0.1) is 6.04 Å². The third-order valence-electron chi connectivity index (χ3n) is 3.37. The summed E-state index contributed by atoms with van der Waals surface area (Å²) in [5.41, 5.74) is 4.05. The third kappa shape index (κ3) is 3.32. The third-order valence-corrected chi connectivity index (χ3v) is 5.08. The van der Waals surface area contributed by atoms with Crippen LogP contribution in [0.1, 0.15) is 16.5 Å². The summed E-state index contributed by atoms with van der Waals surface area (Å²) in [6, 6.07) is 15.1. The van der Waals surface area contributed by atoms with E-state index < -0.39 is 0 Å². The van der Waals surface area contributed by atoms with Gasteiger partial charge in [0.2, 0.25) is 0 Å². The van der Waals surface area contributed by atoms with Crippen molar-refractivity contribution in [1.29, 1.82) is 0 Å². The minimum Gasteiger partial charge on any atom is -0.271 e. The zero-order valence-electron chi connectivity index (χ0n) is 11.1. The summed E-state index contributed by atoms with van der Waals surface area (Å²) < 4.78 is 15.3. The van der Waals surface area contributed by atoms with Gasteiger partial charge in [0.25, 0.3) is 0 Å². The number of fused-ring (bicyclic) bond motifs is 1. The standard InChI is InChI=1S/C16H14BrFN2S/c17-12-3-1-2-10(6-12)7-14(20-19)16-8-11-4-5-13(18)9-15(11)21-16/h1-6,8-9,14,20H,7,19H2. The molecule has 1 unspecified atom stereocenters. The van der Waals surface area contributed by atoms with Gasteiger partial charge in [-0.05, 0) is 47.7 Å². The molecule has 0 saturated heterocycles. The topological polar surface area (TPSA) is 38.0 Å². The van der Waals surface area contributed by atoms with Crippen molar-refractivity contribution >= 4 is 37.4 Å². The molecule has 5 heteroatoms. The van der Waals surface area contributed by atoms with E-state index in [1.165, 1.54) is 11.6 Å². The Morgan fingerprint density at radius 2 is 2.05 bits per heavy atom. The molecule has 3 N–H and O–H groups in total. The number of benzene rings is 2. The van der Waals surface area contributed by atoms with E-state index >= 15 is 0 Å². The van der Waals surface area contributed by atoms with E-state index in [1.54, 1.807) is 23.5 Å². The minimum atomic E-state index is -0.208. The van der Waals surface area contributed by atoms with E-state index in [-0.39, 0.29) is 11.9 Å². The lowest BCUT2D eigenvalue weighted by Gasteiger charge is -2.14. The van der Waals surface area contributed by atoms with Crippen LogP contribution in [0.15, 0.2) is 53.0 Å². The minimum absolute atomic E-state index is 0.0137. The molecular weight excluding hydrogens is 351 g/mol. The maximum absolute atomic E-state index is 13.3. The highest BCUT2D eigenvalue weighted by Crippen LogP contribution is 2.32. The van der Waals surface area contributed by atoms with Gasteiger partial charge in [-0.1, -0.05) is 34.1 Å². The number of nitrogens with two attached hydrogens (primary N) is 1. The molecule has 0 aliphatic carbocycles. The highest BCUT2D eigenvalue weighted by Gasteiger charge is 2.14. The second-order valence-electron chi connectivity index (χ2n) is 4.88. The van der Waals surface area contributed by atoms with E-state index in [4.69, 9.17) is 5.84 Å². The Morgan fingerprint density at radius 3 is 2.81 bits per heavy atom. The number of hydrazine groups is 1. The second kappa shape index (κ2) is 6.23. The van der Waals surface area contributed by atoms with Crippen LogP contribution in [0, 0.1) is 5.82 Å². The number of nitrogens with one attached hydrogen (secondary N) is 1. The summed E-state index contributed by atoms with van der Waals surface area (Å²) in [6.07, 6.45) is 0.783. The molecule has 108 valence electrons. The van der Waals surface area contributed by atoms with Gasteiger partial charge in [-0.25, -0.2) is 4.39 Å². The monoisotopic (exact) mass is 364 g/mol. The van der Waals surface area contributed by atoms with Gasteiger partial charge in [-0.3, -0.25) is 11.3 Å². The van der Waals surface area contributed by atoms with E-state index in [2.05, 4.69) is 39.6 Å².